The molecule has 28 heavy (non-hydrogen) atoms. The largest absolute Gasteiger partial charge is 0.309 e. The molecule has 0 saturated heterocycles. The normalized spacial score (nSPS) is 15.0. The molecule has 5 heteroatoms. The predicted molar refractivity (Wildman–Crippen MR) is 110 cm³/mol. The molecule has 0 saturated carbocycles. The molecule has 0 aromatic heterocycles. The lowest BCUT2D eigenvalue weighted by molar-refractivity contribution is -0.111. The van der Waals surface area contributed by atoms with Crippen molar-refractivity contribution < 1.29 is 9.59 Å². The van der Waals surface area contributed by atoms with Crippen LogP contribution < -0.4 is 4.90 Å². The average molecular weight is 367 g/mol. The van der Waals surface area contributed by atoms with Gasteiger partial charge in [0.15, 0.2) is 5.71 Å². The van der Waals surface area contributed by atoms with Crippen LogP contribution in [0.25, 0.3) is 0 Å². The lowest BCUT2D eigenvalue weighted by Crippen LogP contribution is -2.25. The Hall–Kier alpha value is -3.86. The van der Waals surface area contributed by atoms with Gasteiger partial charge in [-0.2, -0.15) is 0 Å². The first-order valence-corrected chi connectivity index (χ1v) is 8.85. The number of para-hydroxylation sites is 1. The number of amides is 1. The van der Waals surface area contributed by atoms with Gasteiger partial charge in [0.05, 0.1) is 5.69 Å². The van der Waals surface area contributed by atoms with Crippen molar-refractivity contribution >= 4 is 28.8 Å². The fourth-order valence-electron chi connectivity index (χ4n) is 3.10. The Labute approximate surface area is 162 Å². The Morgan fingerprint density at radius 3 is 2.04 bits per heavy atom. The Morgan fingerprint density at radius 1 is 0.786 bits per heavy atom. The van der Waals surface area contributed by atoms with E-state index in [1.807, 2.05) is 48.5 Å². The first kappa shape index (κ1) is 17.5. The SMILES string of the molecule is CN1C(=O)/C(=N\N=C(\C(=O)c2ccccc2)c2ccccc2)c2ccccc21. The van der Waals surface area contributed by atoms with Crippen molar-refractivity contribution in [3.05, 3.63) is 102 Å². The molecule has 0 unspecified atom stereocenters. The summed E-state index contributed by atoms with van der Waals surface area (Å²) in [5.74, 6) is -0.493. The van der Waals surface area contributed by atoms with E-state index in [0.717, 1.165) is 5.69 Å². The zero-order valence-corrected chi connectivity index (χ0v) is 15.2. The lowest BCUT2D eigenvalue weighted by atomic mass is 10.0. The summed E-state index contributed by atoms with van der Waals surface area (Å²) in [5.41, 5.74) is 3.07. The molecule has 1 aliphatic rings. The number of carbonyl (C=O) groups excluding carboxylic acids is 2. The summed E-state index contributed by atoms with van der Waals surface area (Å²) >= 11 is 0. The van der Waals surface area contributed by atoms with Gasteiger partial charge in [-0.25, -0.2) is 0 Å². The third-order valence-corrected chi connectivity index (χ3v) is 4.58. The van der Waals surface area contributed by atoms with Crippen molar-refractivity contribution in [3.63, 3.8) is 0 Å². The van der Waals surface area contributed by atoms with Crippen LogP contribution in [0.2, 0.25) is 0 Å². The first-order valence-electron chi connectivity index (χ1n) is 8.85. The second-order valence-electron chi connectivity index (χ2n) is 6.34. The van der Waals surface area contributed by atoms with Crippen LogP contribution in [0.5, 0.6) is 0 Å². The number of hydrogen-bond donors (Lipinski definition) is 0. The van der Waals surface area contributed by atoms with Crippen LogP contribution >= 0.6 is 0 Å². The van der Waals surface area contributed by atoms with E-state index in [-0.39, 0.29) is 23.1 Å². The quantitative estimate of drug-likeness (QED) is 0.401. The van der Waals surface area contributed by atoms with E-state index < -0.39 is 0 Å². The van der Waals surface area contributed by atoms with E-state index in [1.54, 1.807) is 43.4 Å². The summed E-state index contributed by atoms with van der Waals surface area (Å²) in [6, 6.07) is 25.4. The van der Waals surface area contributed by atoms with Crippen molar-refractivity contribution in [2.45, 2.75) is 0 Å². The van der Waals surface area contributed by atoms with Gasteiger partial charge in [-0.3, -0.25) is 9.59 Å². The van der Waals surface area contributed by atoms with Gasteiger partial charge in [0.2, 0.25) is 5.78 Å². The van der Waals surface area contributed by atoms with E-state index in [2.05, 4.69) is 10.2 Å². The second kappa shape index (κ2) is 7.40. The molecule has 0 spiro atoms. The second-order valence-corrected chi connectivity index (χ2v) is 6.34. The summed E-state index contributed by atoms with van der Waals surface area (Å²) in [5, 5.41) is 8.46. The van der Waals surface area contributed by atoms with Crippen LogP contribution in [0.4, 0.5) is 5.69 Å². The fourth-order valence-corrected chi connectivity index (χ4v) is 3.10. The number of Topliss-reactive ketones (excluding diaryl/α,β-unsaturated/α-hetero) is 1. The Balaban J connectivity index is 1.82. The van der Waals surface area contributed by atoms with Gasteiger partial charge in [-0.15, -0.1) is 10.2 Å². The van der Waals surface area contributed by atoms with Crippen LogP contribution in [-0.2, 0) is 4.79 Å². The molecule has 4 rings (SSSR count). The smallest absolute Gasteiger partial charge is 0.279 e. The number of likely N-dealkylation sites (N-methyl/N-ethyl adjacent to an activating group) is 1. The van der Waals surface area contributed by atoms with Crippen LogP contribution in [0, 0.1) is 0 Å². The lowest BCUT2D eigenvalue weighted by Gasteiger charge is -2.07. The van der Waals surface area contributed by atoms with Gasteiger partial charge < -0.3 is 4.90 Å². The molecule has 3 aromatic carbocycles. The van der Waals surface area contributed by atoms with Crippen molar-refractivity contribution in [2.75, 3.05) is 11.9 Å². The molecule has 136 valence electrons. The molecule has 1 amide bonds. The molecule has 0 atom stereocenters. The number of ketones is 1. The Bertz CT molecular complexity index is 1100. The van der Waals surface area contributed by atoms with Crippen LogP contribution in [-0.4, -0.2) is 30.2 Å². The minimum absolute atomic E-state index is 0.194. The molecule has 0 N–H and O–H groups in total. The highest BCUT2D eigenvalue weighted by atomic mass is 16.2. The summed E-state index contributed by atoms with van der Waals surface area (Å²) in [6.45, 7) is 0. The van der Waals surface area contributed by atoms with Gasteiger partial charge in [-0.1, -0.05) is 78.9 Å². The molecule has 0 fully saturated rings. The molecular weight excluding hydrogens is 350 g/mol. The van der Waals surface area contributed by atoms with Gasteiger partial charge >= 0.3 is 0 Å². The zero-order chi connectivity index (χ0) is 19.5. The molecule has 0 radical (unpaired) electrons. The van der Waals surface area contributed by atoms with E-state index >= 15 is 0 Å². The number of anilines is 1. The van der Waals surface area contributed by atoms with Gasteiger partial charge in [0.1, 0.15) is 5.71 Å². The maximum absolute atomic E-state index is 13.0. The van der Waals surface area contributed by atoms with E-state index in [9.17, 15) is 9.59 Å². The monoisotopic (exact) mass is 367 g/mol. The average Bonchev–Trinajstić information content (AvgIpc) is 3.00. The van der Waals surface area contributed by atoms with Gasteiger partial charge in [0, 0.05) is 23.7 Å². The standard InChI is InChI=1S/C23H17N3O2/c1-26-19-15-9-8-14-18(19)21(23(26)28)25-24-20(16-10-4-2-5-11-16)22(27)17-12-6-3-7-13-17/h2-15H,1H3/b24-20+,25-21-. The maximum Gasteiger partial charge on any atom is 0.279 e. The summed E-state index contributed by atoms with van der Waals surface area (Å²) in [6.07, 6.45) is 0. The third kappa shape index (κ3) is 3.14. The number of nitrogens with zero attached hydrogens (tertiary/aromatic N) is 3. The van der Waals surface area contributed by atoms with Gasteiger partial charge in [-0.05, 0) is 6.07 Å². The summed E-state index contributed by atoms with van der Waals surface area (Å²) in [7, 11) is 1.70. The van der Waals surface area contributed by atoms with Gasteiger partial charge in [0.25, 0.3) is 5.91 Å². The molecule has 1 heterocycles. The molecule has 5 nitrogen and oxygen atoms in total. The van der Waals surface area contributed by atoms with Crippen LogP contribution in [0.3, 0.4) is 0 Å². The fraction of sp³-hybridized carbons (Fsp3) is 0.0435. The molecular formula is C23H17N3O2. The van der Waals surface area contributed by atoms with E-state index in [4.69, 9.17) is 0 Å². The highest BCUT2D eigenvalue weighted by Crippen LogP contribution is 2.27. The molecule has 0 bridgehead atoms. The van der Waals surface area contributed by atoms with Crippen molar-refractivity contribution in [2.24, 2.45) is 10.2 Å². The molecule has 1 aliphatic heterocycles. The highest BCUT2D eigenvalue weighted by molar-refractivity contribution is 6.55. The minimum atomic E-state index is -0.247. The Morgan fingerprint density at radius 2 is 1.36 bits per heavy atom. The van der Waals surface area contributed by atoms with Crippen molar-refractivity contribution in [1.82, 2.24) is 0 Å². The zero-order valence-electron chi connectivity index (χ0n) is 15.2. The number of rotatable bonds is 4. The topological polar surface area (TPSA) is 62.1 Å². The van der Waals surface area contributed by atoms with Crippen molar-refractivity contribution in [1.29, 1.82) is 0 Å². The predicted octanol–water partition coefficient (Wildman–Crippen LogP) is 3.74. The van der Waals surface area contributed by atoms with Crippen molar-refractivity contribution in [3.8, 4) is 0 Å². The molecule has 0 aliphatic carbocycles. The molecule has 3 aromatic rings. The summed E-state index contributed by atoms with van der Waals surface area (Å²) in [4.78, 5) is 27.2. The van der Waals surface area contributed by atoms with Crippen LogP contribution in [0.15, 0.2) is 95.1 Å². The van der Waals surface area contributed by atoms with Crippen LogP contribution in [0.1, 0.15) is 21.5 Å². The number of benzene rings is 3. The third-order valence-electron chi connectivity index (χ3n) is 4.58. The number of carbonyl (C=O) groups is 2. The number of hydrogen-bond acceptors (Lipinski definition) is 4. The highest BCUT2D eigenvalue weighted by Gasteiger charge is 2.31. The number of fused-ring (bicyclic) bond motifs is 1. The first-order chi connectivity index (χ1) is 13.7. The van der Waals surface area contributed by atoms with E-state index in [1.165, 1.54) is 4.90 Å². The minimum Gasteiger partial charge on any atom is -0.309 e. The summed E-state index contributed by atoms with van der Waals surface area (Å²) < 4.78 is 0. The Kier molecular flexibility index (Phi) is 4.64. The maximum atomic E-state index is 13.0. The van der Waals surface area contributed by atoms with E-state index in [0.29, 0.717) is 16.7 Å².